The number of carbonyl (C=O) groups excluding carboxylic acids is 1. The molecule has 0 aromatic carbocycles. The van der Waals surface area contributed by atoms with Gasteiger partial charge in [-0.2, -0.15) is 0 Å². The minimum atomic E-state index is 0.207. The van der Waals surface area contributed by atoms with Crippen molar-refractivity contribution >= 4 is 5.78 Å². The van der Waals surface area contributed by atoms with Gasteiger partial charge in [0, 0.05) is 24.4 Å². The van der Waals surface area contributed by atoms with Gasteiger partial charge in [-0.15, -0.1) is 0 Å². The third-order valence-electron chi connectivity index (χ3n) is 3.39. The molecule has 0 bridgehead atoms. The molecule has 0 amide bonds. The fraction of sp³-hybridized carbons (Fsp3) is 0.600. The van der Waals surface area contributed by atoms with Crippen LogP contribution in [0, 0.1) is 12.8 Å². The fourth-order valence-electron chi connectivity index (χ4n) is 2.30. The molecule has 0 spiro atoms. The van der Waals surface area contributed by atoms with E-state index in [9.17, 15) is 4.79 Å². The monoisotopic (exact) mass is 248 g/mol. The van der Waals surface area contributed by atoms with E-state index in [0.717, 1.165) is 36.8 Å². The van der Waals surface area contributed by atoms with E-state index in [1.807, 2.05) is 13.0 Å². The predicted octanol–water partition coefficient (Wildman–Crippen LogP) is 3.12. The van der Waals surface area contributed by atoms with Crippen molar-refractivity contribution in [2.24, 2.45) is 11.7 Å². The Morgan fingerprint density at radius 2 is 2.17 bits per heavy atom. The van der Waals surface area contributed by atoms with Crippen LogP contribution in [0.2, 0.25) is 0 Å². The molecule has 0 aliphatic rings. The lowest BCUT2D eigenvalue weighted by Crippen LogP contribution is -2.11. The van der Waals surface area contributed by atoms with E-state index in [1.165, 1.54) is 0 Å². The van der Waals surface area contributed by atoms with E-state index < -0.39 is 0 Å². The molecule has 3 nitrogen and oxygen atoms in total. The summed E-state index contributed by atoms with van der Waals surface area (Å²) in [6.45, 7) is 4.85. The molecule has 2 N–H and O–H groups in total. The van der Waals surface area contributed by atoms with Crippen molar-refractivity contribution in [3.8, 4) is 0 Å². The second-order valence-corrected chi connectivity index (χ2v) is 4.88. The Bertz CT molecular complexity index is 371. The number of nitrogens with zero attached hydrogens (tertiary/aromatic N) is 1. The first-order valence-electron chi connectivity index (χ1n) is 6.82. The maximum atomic E-state index is 12.1. The van der Waals surface area contributed by atoms with Crippen LogP contribution in [0.5, 0.6) is 0 Å². The normalized spacial score (nSPS) is 12.4. The number of pyridine rings is 1. The van der Waals surface area contributed by atoms with Crippen LogP contribution in [0.3, 0.4) is 0 Å². The van der Waals surface area contributed by atoms with Gasteiger partial charge in [0.1, 0.15) is 0 Å². The van der Waals surface area contributed by atoms with Gasteiger partial charge in [0.15, 0.2) is 5.78 Å². The Kier molecular flexibility index (Phi) is 6.58. The van der Waals surface area contributed by atoms with Gasteiger partial charge in [-0.05, 0) is 43.9 Å². The summed E-state index contributed by atoms with van der Waals surface area (Å²) in [5, 5.41) is 0. The van der Waals surface area contributed by atoms with Crippen molar-refractivity contribution in [1.29, 1.82) is 0 Å². The molecule has 3 heteroatoms. The second-order valence-electron chi connectivity index (χ2n) is 4.88. The maximum Gasteiger partial charge on any atom is 0.164 e. The third-order valence-corrected chi connectivity index (χ3v) is 3.39. The van der Waals surface area contributed by atoms with E-state index in [1.54, 1.807) is 12.4 Å². The number of hydrogen-bond acceptors (Lipinski definition) is 3. The molecule has 0 saturated heterocycles. The first-order valence-corrected chi connectivity index (χ1v) is 6.82. The quantitative estimate of drug-likeness (QED) is 0.719. The number of rotatable bonds is 8. The summed E-state index contributed by atoms with van der Waals surface area (Å²) in [5.41, 5.74) is 7.39. The van der Waals surface area contributed by atoms with Gasteiger partial charge < -0.3 is 5.73 Å². The molecular weight excluding hydrogens is 224 g/mol. The van der Waals surface area contributed by atoms with E-state index in [4.69, 9.17) is 5.73 Å². The lowest BCUT2D eigenvalue weighted by Gasteiger charge is -2.14. The van der Waals surface area contributed by atoms with E-state index in [-0.39, 0.29) is 5.78 Å². The van der Waals surface area contributed by atoms with Gasteiger partial charge in [-0.25, -0.2) is 0 Å². The molecule has 18 heavy (non-hydrogen) atoms. The molecule has 1 aromatic rings. The van der Waals surface area contributed by atoms with Crippen molar-refractivity contribution in [3.63, 3.8) is 0 Å². The zero-order valence-corrected chi connectivity index (χ0v) is 11.5. The fourth-order valence-corrected chi connectivity index (χ4v) is 2.30. The largest absolute Gasteiger partial charge is 0.330 e. The van der Waals surface area contributed by atoms with Crippen molar-refractivity contribution in [2.75, 3.05) is 6.54 Å². The van der Waals surface area contributed by atoms with Crippen LogP contribution in [-0.2, 0) is 0 Å². The van der Waals surface area contributed by atoms with Crippen molar-refractivity contribution in [3.05, 3.63) is 29.6 Å². The molecule has 1 unspecified atom stereocenters. The van der Waals surface area contributed by atoms with Crippen LogP contribution in [0.1, 0.15) is 54.9 Å². The first-order chi connectivity index (χ1) is 8.69. The first kappa shape index (κ1) is 14.8. The van der Waals surface area contributed by atoms with Gasteiger partial charge in [0.25, 0.3) is 0 Å². The highest BCUT2D eigenvalue weighted by Crippen LogP contribution is 2.19. The van der Waals surface area contributed by atoms with E-state index >= 15 is 0 Å². The summed E-state index contributed by atoms with van der Waals surface area (Å²) in [6.07, 6.45) is 8.29. The molecule has 0 radical (unpaired) electrons. The zero-order chi connectivity index (χ0) is 13.4. The summed E-state index contributed by atoms with van der Waals surface area (Å²) in [5.74, 6) is 0.791. The summed E-state index contributed by atoms with van der Waals surface area (Å²) in [4.78, 5) is 16.1. The SMILES string of the molecule is CCCC(CCN)CCC(=O)c1cnccc1C. The molecule has 0 aliphatic heterocycles. The molecule has 1 heterocycles. The Morgan fingerprint density at radius 1 is 1.39 bits per heavy atom. The number of aryl methyl sites for hydroxylation is 1. The van der Waals surface area contributed by atoms with Crippen molar-refractivity contribution in [1.82, 2.24) is 4.98 Å². The molecule has 1 aromatic heterocycles. The highest BCUT2D eigenvalue weighted by Gasteiger charge is 2.13. The van der Waals surface area contributed by atoms with Crippen LogP contribution in [0.4, 0.5) is 0 Å². The number of Topliss-reactive ketones (excluding diaryl/α,β-unsaturated/α-hetero) is 1. The smallest absolute Gasteiger partial charge is 0.164 e. The Hall–Kier alpha value is -1.22. The summed E-state index contributed by atoms with van der Waals surface area (Å²) in [6, 6.07) is 1.89. The van der Waals surface area contributed by atoms with Crippen LogP contribution < -0.4 is 5.73 Å². The lowest BCUT2D eigenvalue weighted by atomic mass is 9.92. The number of aromatic nitrogens is 1. The highest BCUT2D eigenvalue weighted by molar-refractivity contribution is 5.97. The molecular formula is C15H24N2O. The second kappa shape index (κ2) is 7.98. The number of nitrogens with two attached hydrogens (primary N) is 1. The van der Waals surface area contributed by atoms with E-state index in [2.05, 4.69) is 11.9 Å². The third kappa shape index (κ3) is 4.57. The number of hydrogen-bond donors (Lipinski definition) is 1. The molecule has 100 valence electrons. The predicted molar refractivity (Wildman–Crippen MR) is 74.6 cm³/mol. The average Bonchev–Trinajstić information content (AvgIpc) is 2.36. The van der Waals surface area contributed by atoms with Gasteiger partial charge in [-0.3, -0.25) is 9.78 Å². The zero-order valence-electron chi connectivity index (χ0n) is 11.5. The summed E-state index contributed by atoms with van der Waals surface area (Å²) < 4.78 is 0. The topological polar surface area (TPSA) is 56.0 Å². The van der Waals surface area contributed by atoms with Crippen molar-refractivity contribution in [2.45, 2.75) is 46.0 Å². The van der Waals surface area contributed by atoms with Gasteiger partial charge >= 0.3 is 0 Å². The molecule has 0 saturated carbocycles. The van der Waals surface area contributed by atoms with Crippen LogP contribution >= 0.6 is 0 Å². The number of carbonyl (C=O) groups is 1. The van der Waals surface area contributed by atoms with Gasteiger partial charge in [0.2, 0.25) is 0 Å². The van der Waals surface area contributed by atoms with Crippen molar-refractivity contribution < 1.29 is 4.79 Å². The highest BCUT2D eigenvalue weighted by atomic mass is 16.1. The average molecular weight is 248 g/mol. The maximum absolute atomic E-state index is 12.1. The number of ketones is 1. The Balaban J connectivity index is 2.52. The Labute approximate surface area is 110 Å². The summed E-state index contributed by atoms with van der Waals surface area (Å²) in [7, 11) is 0. The minimum Gasteiger partial charge on any atom is -0.330 e. The molecule has 1 atom stereocenters. The van der Waals surface area contributed by atoms with Gasteiger partial charge in [-0.1, -0.05) is 19.8 Å². The lowest BCUT2D eigenvalue weighted by molar-refractivity contribution is 0.0971. The van der Waals surface area contributed by atoms with Crippen LogP contribution in [0.25, 0.3) is 0 Å². The Morgan fingerprint density at radius 3 is 2.78 bits per heavy atom. The van der Waals surface area contributed by atoms with Gasteiger partial charge in [0.05, 0.1) is 0 Å². The van der Waals surface area contributed by atoms with Crippen LogP contribution in [-0.4, -0.2) is 17.3 Å². The molecule has 1 rings (SSSR count). The molecule has 0 fully saturated rings. The molecule has 0 aliphatic carbocycles. The standard InChI is InChI=1S/C15H24N2O/c1-3-4-13(7-9-16)5-6-15(18)14-11-17-10-8-12(14)2/h8,10-11,13H,3-7,9,16H2,1-2H3. The summed E-state index contributed by atoms with van der Waals surface area (Å²) >= 11 is 0. The van der Waals surface area contributed by atoms with Crippen LogP contribution in [0.15, 0.2) is 18.5 Å². The van der Waals surface area contributed by atoms with E-state index in [0.29, 0.717) is 18.9 Å². The minimum absolute atomic E-state index is 0.207.